The van der Waals surface area contributed by atoms with Crippen LogP contribution in [-0.2, 0) is 6.42 Å². The van der Waals surface area contributed by atoms with Crippen LogP contribution in [0.2, 0.25) is 0 Å². The third-order valence-corrected chi connectivity index (χ3v) is 3.09. The third kappa shape index (κ3) is 5.07. The Bertz CT molecular complexity index is 346. The molecule has 3 nitrogen and oxygen atoms in total. The van der Waals surface area contributed by atoms with E-state index in [1.807, 2.05) is 19.1 Å². The summed E-state index contributed by atoms with van der Waals surface area (Å²) in [6, 6.07) is 8.12. The van der Waals surface area contributed by atoms with E-state index in [-0.39, 0.29) is 11.6 Å². The van der Waals surface area contributed by atoms with Crippen molar-refractivity contribution in [3.8, 4) is 5.75 Å². The van der Waals surface area contributed by atoms with E-state index in [0.717, 1.165) is 18.6 Å². The van der Waals surface area contributed by atoms with Gasteiger partial charge < -0.3 is 15.2 Å². The average Bonchev–Trinajstić information content (AvgIpc) is 2.36. The number of nitrogens with one attached hydrogen (secondary N) is 1. The number of rotatable bonds is 7. The van der Waals surface area contributed by atoms with Crippen LogP contribution in [0, 0.1) is 0 Å². The second-order valence-electron chi connectivity index (χ2n) is 5.35. The molecule has 3 heteroatoms. The van der Waals surface area contributed by atoms with Crippen LogP contribution in [0.3, 0.4) is 0 Å². The Hall–Kier alpha value is -1.06. The van der Waals surface area contributed by atoms with Gasteiger partial charge in [0, 0.05) is 12.1 Å². The van der Waals surface area contributed by atoms with E-state index < -0.39 is 0 Å². The first-order valence-electron chi connectivity index (χ1n) is 6.53. The zero-order chi connectivity index (χ0) is 13.6. The van der Waals surface area contributed by atoms with Crippen LogP contribution < -0.4 is 10.1 Å². The summed E-state index contributed by atoms with van der Waals surface area (Å²) in [7, 11) is 1.67. The van der Waals surface area contributed by atoms with E-state index in [2.05, 4.69) is 31.3 Å². The molecule has 1 atom stereocenters. The first-order valence-corrected chi connectivity index (χ1v) is 6.53. The van der Waals surface area contributed by atoms with Crippen molar-refractivity contribution in [2.75, 3.05) is 13.7 Å². The highest BCUT2D eigenvalue weighted by Crippen LogP contribution is 2.16. The van der Waals surface area contributed by atoms with Crippen molar-refractivity contribution in [2.24, 2.45) is 0 Å². The summed E-state index contributed by atoms with van der Waals surface area (Å²) in [5.41, 5.74) is 1.24. The molecule has 0 bridgehead atoms. The molecule has 0 aliphatic rings. The van der Waals surface area contributed by atoms with Gasteiger partial charge in [0.05, 0.1) is 13.2 Å². The Kier molecular flexibility index (Phi) is 5.63. The van der Waals surface area contributed by atoms with Crippen molar-refractivity contribution in [1.82, 2.24) is 5.32 Å². The van der Waals surface area contributed by atoms with Crippen molar-refractivity contribution in [2.45, 2.75) is 45.3 Å². The van der Waals surface area contributed by atoms with Crippen LogP contribution in [0.1, 0.15) is 32.8 Å². The second kappa shape index (κ2) is 6.76. The molecular weight excluding hydrogens is 226 g/mol. The maximum atomic E-state index is 9.58. The molecule has 0 aliphatic heterocycles. The highest BCUT2D eigenvalue weighted by Gasteiger charge is 2.18. The molecule has 0 heterocycles. The summed E-state index contributed by atoms with van der Waals surface area (Å²) in [6.07, 6.45) is 1.44. The van der Waals surface area contributed by atoms with Gasteiger partial charge in [0.25, 0.3) is 0 Å². The number of ether oxygens (including phenoxy) is 1. The summed E-state index contributed by atoms with van der Waals surface area (Å²) in [5, 5.41) is 13.0. The minimum atomic E-state index is -0.264. The Balaban J connectivity index is 2.52. The fraction of sp³-hybridized carbons (Fsp3) is 0.600. The van der Waals surface area contributed by atoms with Crippen molar-refractivity contribution in [1.29, 1.82) is 0 Å². The summed E-state index contributed by atoms with van der Waals surface area (Å²) < 4.78 is 5.14. The van der Waals surface area contributed by atoms with E-state index in [4.69, 9.17) is 4.74 Å². The van der Waals surface area contributed by atoms with Gasteiger partial charge in [0.15, 0.2) is 0 Å². The molecule has 1 unspecified atom stereocenters. The van der Waals surface area contributed by atoms with Crippen LogP contribution in [-0.4, -0.2) is 30.4 Å². The van der Waals surface area contributed by atoms with Crippen LogP contribution >= 0.6 is 0 Å². The minimum absolute atomic E-state index is 0.0231. The Labute approximate surface area is 110 Å². The molecule has 0 saturated carbocycles. The van der Waals surface area contributed by atoms with Crippen molar-refractivity contribution >= 4 is 0 Å². The summed E-state index contributed by atoms with van der Waals surface area (Å²) in [5.74, 6) is 0.880. The molecule has 0 saturated heterocycles. The smallest absolute Gasteiger partial charge is 0.118 e. The zero-order valence-electron chi connectivity index (χ0n) is 11.9. The third-order valence-electron chi connectivity index (χ3n) is 3.09. The number of methoxy groups -OCH3 is 1. The molecule has 1 rings (SSSR count). The number of hydrogen-bond acceptors (Lipinski definition) is 3. The fourth-order valence-corrected chi connectivity index (χ4v) is 1.85. The normalized spacial score (nSPS) is 13.4. The average molecular weight is 251 g/mol. The second-order valence-corrected chi connectivity index (χ2v) is 5.35. The number of benzene rings is 1. The number of hydrogen-bond donors (Lipinski definition) is 2. The van der Waals surface area contributed by atoms with E-state index in [9.17, 15) is 5.11 Å². The molecule has 0 aromatic heterocycles. The standard InChI is InChI=1S/C15H25NO2/c1-5-13(17)11-16-15(2,3)10-12-6-8-14(18-4)9-7-12/h6-9,13,16-17H,5,10-11H2,1-4H3. The largest absolute Gasteiger partial charge is 0.497 e. The minimum Gasteiger partial charge on any atom is -0.497 e. The quantitative estimate of drug-likeness (QED) is 0.782. The van der Waals surface area contributed by atoms with Crippen molar-refractivity contribution in [3.63, 3.8) is 0 Å². The molecule has 0 aliphatic carbocycles. The Morgan fingerprint density at radius 3 is 2.39 bits per heavy atom. The molecule has 2 N–H and O–H groups in total. The van der Waals surface area contributed by atoms with Gasteiger partial charge in [0.2, 0.25) is 0 Å². The molecule has 0 spiro atoms. The fourth-order valence-electron chi connectivity index (χ4n) is 1.85. The molecular formula is C15H25NO2. The van der Waals surface area contributed by atoms with Gasteiger partial charge >= 0.3 is 0 Å². The Morgan fingerprint density at radius 2 is 1.89 bits per heavy atom. The van der Waals surface area contributed by atoms with E-state index in [0.29, 0.717) is 6.54 Å². The van der Waals surface area contributed by atoms with Gasteiger partial charge in [-0.1, -0.05) is 19.1 Å². The first-order chi connectivity index (χ1) is 8.46. The van der Waals surface area contributed by atoms with Gasteiger partial charge in [-0.3, -0.25) is 0 Å². The monoisotopic (exact) mass is 251 g/mol. The molecule has 102 valence electrons. The van der Waals surface area contributed by atoms with Gasteiger partial charge in [-0.25, -0.2) is 0 Å². The van der Waals surface area contributed by atoms with Gasteiger partial charge in [-0.05, 0) is 44.4 Å². The lowest BCUT2D eigenvalue weighted by molar-refractivity contribution is 0.154. The Morgan fingerprint density at radius 1 is 1.28 bits per heavy atom. The summed E-state index contributed by atoms with van der Waals surface area (Å²) >= 11 is 0. The molecule has 0 fully saturated rings. The van der Waals surface area contributed by atoms with Gasteiger partial charge in [0.1, 0.15) is 5.75 Å². The lowest BCUT2D eigenvalue weighted by Gasteiger charge is -2.28. The molecule has 0 radical (unpaired) electrons. The summed E-state index contributed by atoms with van der Waals surface area (Å²) in [6.45, 7) is 6.93. The maximum Gasteiger partial charge on any atom is 0.118 e. The van der Waals surface area contributed by atoms with Crippen molar-refractivity contribution in [3.05, 3.63) is 29.8 Å². The lowest BCUT2D eigenvalue weighted by Crippen LogP contribution is -2.44. The van der Waals surface area contributed by atoms with E-state index >= 15 is 0 Å². The zero-order valence-corrected chi connectivity index (χ0v) is 11.9. The maximum absolute atomic E-state index is 9.58. The highest BCUT2D eigenvalue weighted by atomic mass is 16.5. The predicted octanol–water partition coefficient (Wildman–Crippen LogP) is 2.38. The highest BCUT2D eigenvalue weighted by molar-refractivity contribution is 5.28. The molecule has 0 amide bonds. The summed E-state index contributed by atoms with van der Waals surface area (Å²) in [4.78, 5) is 0. The van der Waals surface area contributed by atoms with E-state index in [1.54, 1.807) is 7.11 Å². The molecule has 18 heavy (non-hydrogen) atoms. The SMILES string of the molecule is CCC(O)CNC(C)(C)Cc1ccc(OC)cc1. The van der Waals surface area contributed by atoms with Crippen LogP contribution in [0.25, 0.3) is 0 Å². The lowest BCUT2D eigenvalue weighted by atomic mass is 9.94. The molecule has 1 aromatic carbocycles. The van der Waals surface area contributed by atoms with Crippen LogP contribution in [0.5, 0.6) is 5.75 Å². The van der Waals surface area contributed by atoms with E-state index in [1.165, 1.54) is 5.56 Å². The molecule has 1 aromatic rings. The number of β-amino-alcohol motifs (C(OH)–C–C–N with tert-alkyl or cyclic N) is 1. The van der Waals surface area contributed by atoms with Gasteiger partial charge in [-0.15, -0.1) is 0 Å². The number of aliphatic hydroxyl groups excluding tert-OH is 1. The first kappa shape index (κ1) is 15.0. The number of aliphatic hydroxyl groups is 1. The van der Waals surface area contributed by atoms with Gasteiger partial charge in [-0.2, -0.15) is 0 Å². The van der Waals surface area contributed by atoms with Crippen LogP contribution in [0.4, 0.5) is 0 Å². The predicted molar refractivity (Wildman–Crippen MR) is 75.1 cm³/mol. The van der Waals surface area contributed by atoms with Crippen LogP contribution in [0.15, 0.2) is 24.3 Å². The van der Waals surface area contributed by atoms with Crippen molar-refractivity contribution < 1.29 is 9.84 Å². The topological polar surface area (TPSA) is 41.5 Å².